The maximum atomic E-state index is 12.6. The van der Waals surface area contributed by atoms with Gasteiger partial charge in [-0.25, -0.2) is 4.98 Å². The van der Waals surface area contributed by atoms with Gasteiger partial charge in [0.1, 0.15) is 5.82 Å². The largest absolute Gasteiger partial charge is 0.352 e. The van der Waals surface area contributed by atoms with Crippen molar-refractivity contribution in [2.24, 2.45) is 5.92 Å². The highest BCUT2D eigenvalue weighted by molar-refractivity contribution is 5.79. The maximum absolute atomic E-state index is 12.6. The molecule has 1 aromatic heterocycles. The smallest absolute Gasteiger partial charge is 0.225 e. The normalized spacial score (nSPS) is 26.7. The second-order valence-corrected chi connectivity index (χ2v) is 5.95. The molecule has 1 aromatic rings. The van der Waals surface area contributed by atoms with Gasteiger partial charge < -0.3 is 15.1 Å². The van der Waals surface area contributed by atoms with E-state index in [1.165, 1.54) is 0 Å². The lowest BCUT2D eigenvalue weighted by Gasteiger charge is -2.38. The van der Waals surface area contributed by atoms with Crippen LogP contribution in [0.4, 0.5) is 5.82 Å². The van der Waals surface area contributed by atoms with Gasteiger partial charge in [0.05, 0.1) is 6.20 Å². The Kier molecular flexibility index (Phi) is 4.34. The molecule has 0 radical (unpaired) electrons. The third kappa shape index (κ3) is 3.32. The molecule has 2 aliphatic rings. The van der Waals surface area contributed by atoms with Crippen LogP contribution < -0.4 is 10.2 Å². The molecular formula is C15H23N5O. The summed E-state index contributed by atoms with van der Waals surface area (Å²) in [7, 11) is 0. The monoisotopic (exact) mass is 289 g/mol. The number of rotatable bonds is 2. The minimum absolute atomic E-state index is 0.198. The van der Waals surface area contributed by atoms with E-state index in [2.05, 4.69) is 27.1 Å². The van der Waals surface area contributed by atoms with Crippen molar-refractivity contribution >= 4 is 11.7 Å². The molecule has 2 fully saturated rings. The van der Waals surface area contributed by atoms with E-state index >= 15 is 0 Å². The summed E-state index contributed by atoms with van der Waals surface area (Å²) >= 11 is 0. The zero-order valence-corrected chi connectivity index (χ0v) is 12.5. The fraction of sp³-hybridized carbons (Fsp3) is 0.667. The van der Waals surface area contributed by atoms with Crippen molar-refractivity contribution in [2.45, 2.75) is 25.8 Å². The van der Waals surface area contributed by atoms with Crippen molar-refractivity contribution in [2.75, 3.05) is 37.6 Å². The van der Waals surface area contributed by atoms with E-state index in [0.29, 0.717) is 11.9 Å². The molecule has 21 heavy (non-hydrogen) atoms. The van der Waals surface area contributed by atoms with Gasteiger partial charge >= 0.3 is 0 Å². The summed E-state index contributed by atoms with van der Waals surface area (Å²) in [6.07, 6.45) is 7.10. The van der Waals surface area contributed by atoms with Gasteiger partial charge in [-0.15, -0.1) is 0 Å². The van der Waals surface area contributed by atoms with Crippen molar-refractivity contribution in [1.29, 1.82) is 0 Å². The van der Waals surface area contributed by atoms with Crippen molar-refractivity contribution in [3.63, 3.8) is 0 Å². The predicted molar refractivity (Wildman–Crippen MR) is 81.0 cm³/mol. The van der Waals surface area contributed by atoms with Gasteiger partial charge in [-0.2, -0.15) is 0 Å². The number of aromatic nitrogens is 2. The van der Waals surface area contributed by atoms with Crippen LogP contribution >= 0.6 is 0 Å². The zero-order chi connectivity index (χ0) is 14.7. The van der Waals surface area contributed by atoms with E-state index in [1.807, 2.05) is 4.90 Å². The Morgan fingerprint density at radius 3 is 2.76 bits per heavy atom. The molecule has 2 saturated heterocycles. The van der Waals surface area contributed by atoms with E-state index < -0.39 is 0 Å². The van der Waals surface area contributed by atoms with Gasteiger partial charge in [-0.1, -0.05) is 0 Å². The van der Waals surface area contributed by atoms with Crippen molar-refractivity contribution in [1.82, 2.24) is 20.2 Å². The molecule has 0 aliphatic carbocycles. The Morgan fingerprint density at radius 2 is 2.10 bits per heavy atom. The number of piperidine rings is 1. The Hall–Kier alpha value is -1.69. The van der Waals surface area contributed by atoms with Crippen LogP contribution in [0.5, 0.6) is 0 Å². The third-order valence-electron chi connectivity index (χ3n) is 4.44. The number of nitrogens with one attached hydrogen (secondary N) is 1. The molecule has 3 heterocycles. The minimum Gasteiger partial charge on any atom is -0.352 e. The fourth-order valence-corrected chi connectivity index (χ4v) is 3.22. The van der Waals surface area contributed by atoms with Gasteiger partial charge in [0.2, 0.25) is 5.91 Å². The molecule has 0 saturated carbocycles. The SMILES string of the molecule is C[C@H]1C[C@@H](C(=O)N2CCN(c3cnccn3)CC2)CCN1. The molecule has 2 aliphatic heterocycles. The average molecular weight is 289 g/mol. The summed E-state index contributed by atoms with van der Waals surface area (Å²) in [5.41, 5.74) is 0. The summed E-state index contributed by atoms with van der Waals surface area (Å²) in [6.45, 7) is 6.36. The number of piperazine rings is 1. The second-order valence-electron chi connectivity index (χ2n) is 5.95. The van der Waals surface area contributed by atoms with Crippen LogP contribution in [0, 0.1) is 5.92 Å². The highest BCUT2D eigenvalue weighted by Crippen LogP contribution is 2.20. The Morgan fingerprint density at radius 1 is 1.29 bits per heavy atom. The summed E-state index contributed by atoms with van der Waals surface area (Å²) in [6, 6.07) is 0.452. The van der Waals surface area contributed by atoms with Gasteiger partial charge in [0.15, 0.2) is 0 Å². The number of nitrogens with zero attached hydrogens (tertiary/aromatic N) is 4. The number of amides is 1. The van der Waals surface area contributed by atoms with Gasteiger partial charge in [0, 0.05) is 50.5 Å². The fourth-order valence-electron chi connectivity index (χ4n) is 3.22. The van der Waals surface area contributed by atoms with Crippen molar-refractivity contribution in [3.8, 4) is 0 Å². The van der Waals surface area contributed by atoms with Gasteiger partial charge in [-0.05, 0) is 26.3 Å². The van der Waals surface area contributed by atoms with Crippen LogP contribution in [0.15, 0.2) is 18.6 Å². The first-order chi connectivity index (χ1) is 10.2. The number of carbonyl (C=O) groups is 1. The van der Waals surface area contributed by atoms with Crippen molar-refractivity contribution in [3.05, 3.63) is 18.6 Å². The minimum atomic E-state index is 0.198. The summed E-state index contributed by atoms with van der Waals surface area (Å²) < 4.78 is 0. The third-order valence-corrected chi connectivity index (χ3v) is 4.44. The molecule has 114 valence electrons. The van der Waals surface area contributed by atoms with E-state index in [9.17, 15) is 4.79 Å². The highest BCUT2D eigenvalue weighted by atomic mass is 16.2. The summed E-state index contributed by atoms with van der Waals surface area (Å²) in [5.74, 6) is 1.44. The standard InChI is InChI=1S/C15H23N5O/c1-12-10-13(2-3-17-12)15(21)20-8-6-19(7-9-20)14-11-16-4-5-18-14/h4-5,11-13,17H,2-3,6-10H2,1H3/t12-,13-/m0/s1. The maximum Gasteiger partial charge on any atom is 0.225 e. The average Bonchev–Trinajstić information content (AvgIpc) is 2.55. The zero-order valence-electron chi connectivity index (χ0n) is 12.5. The predicted octanol–water partition coefficient (Wildman–Crippen LogP) is 0.513. The molecular weight excluding hydrogens is 266 g/mol. The molecule has 6 heteroatoms. The van der Waals surface area contributed by atoms with Crippen LogP contribution in [-0.4, -0.2) is 59.5 Å². The lowest BCUT2D eigenvalue weighted by Crippen LogP contribution is -2.52. The highest BCUT2D eigenvalue weighted by Gasteiger charge is 2.30. The van der Waals surface area contributed by atoms with E-state index in [-0.39, 0.29) is 5.92 Å². The molecule has 6 nitrogen and oxygen atoms in total. The molecule has 1 amide bonds. The van der Waals surface area contributed by atoms with Crippen LogP contribution in [-0.2, 0) is 4.79 Å². The van der Waals surface area contributed by atoms with Crippen LogP contribution in [0.3, 0.4) is 0 Å². The first-order valence-corrected chi connectivity index (χ1v) is 7.77. The molecule has 1 N–H and O–H groups in total. The van der Waals surface area contributed by atoms with E-state index in [0.717, 1.165) is 51.4 Å². The van der Waals surface area contributed by atoms with Crippen LogP contribution in [0.2, 0.25) is 0 Å². The van der Waals surface area contributed by atoms with Crippen LogP contribution in [0.25, 0.3) is 0 Å². The van der Waals surface area contributed by atoms with Crippen molar-refractivity contribution < 1.29 is 4.79 Å². The Balaban J connectivity index is 1.54. The number of hydrogen-bond acceptors (Lipinski definition) is 5. The van der Waals surface area contributed by atoms with E-state index in [1.54, 1.807) is 18.6 Å². The lowest BCUT2D eigenvalue weighted by atomic mass is 9.92. The van der Waals surface area contributed by atoms with Gasteiger partial charge in [-0.3, -0.25) is 9.78 Å². The summed E-state index contributed by atoms with van der Waals surface area (Å²) in [4.78, 5) is 25.2. The molecule has 0 bridgehead atoms. The quantitative estimate of drug-likeness (QED) is 0.860. The molecule has 0 aromatic carbocycles. The second kappa shape index (κ2) is 6.39. The first kappa shape index (κ1) is 14.3. The lowest BCUT2D eigenvalue weighted by molar-refractivity contribution is -0.137. The van der Waals surface area contributed by atoms with E-state index in [4.69, 9.17) is 0 Å². The molecule has 2 atom stereocenters. The molecule has 0 spiro atoms. The molecule has 0 unspecified atom stereocenters. The molecule has 3 rings (SSSR count). The topological polar surface area (TPSA) is 61.4 Å². The number of hydrogen-bond donors (Lipinski definition) is 1. The Bertz CT molecular complexity index is 472. The first-order valence-electron chi connectivity index (χ1n) is 7.77. The van der Waals surface area contributed by atoms with Gasteiger partial charge in [0.25, 0.3) is 0 Å². The Labute approximate surface area is 125 Å². The van der Waals surface area contributed by atoms with Crippen LogP contribution in [0.1, 0.15) is 19.8 Å². The summed E-state index contributed by atoms with van der Waals surface area (Å²) in [5, 5.41) is 3.40. The number of anilines is 1. The number of carbonyl (C=O) groups excluding carboxylic acids is 1.